The van der Waals surface area contributed by atoms with Crippen molar-refractivity contribution in [2.24, 2.45) is 0 Å². The molecule has 14 nitrogen and oxygen atoms in total. The van der Waals surface area contributed by atoms with E-state index in [1.54, 1.807) is 31.2 Å². The molecule has 14 heteroatoms. The minimum absolute atomic E-state index is 0.241. The standard InChI is InChI=1S/C40H34N12O2/c1-26(2)34(53)54-33-23-13-22-32(25-33)46-40-51-37(43-29-18-10-5-11-19-29)50-39(52-40)45-31-21-12-20-30(24-31)44-38-48-35(41-27-14-6-3-7-15-27)47-36(49-38)42-28-16-8-4-9-17-28/h3-25H,1H2,2H3,(H3,41,42,44,47,48,49)(H3,43,45,46,50,51,52). The number of hydrogen-bond donors (Lipinski definition) is 6. The third-order valence-corrected chi connectivity index (χ3v) is 7.38. The first-order valence-electron chi connectivity index (χ1n) is 16.8. The van der Waals surface area contributed by atoms with Crippen LogP contribution in [-0.2, 0) is 4.79 Å². The van der Waals surface area contributed by atoms with Crippen molar-refractivity contribution in [2.75, 3.05) is 31.9 Å². The number of nitrogens with zero attached hydrogens (tertiary/aromatic N) is 6. The molecule has 2 aromatic heterocycles. The van der Waals surface area contributed by atoms with Crippen LogP contribution < -0.4 is 36.6 Å². The number of benzene rings is 5. The van der Waals surface area contributed by atoms with Crippen LogP contribution >= 0.6 is 0 Å². The summed E-state index contributed by atoms with van der Waals surface area (Å²) in [6, 6.07) is 43.3. The van der Waals surface area contributed by atoms with Crippen molar-refractivity contribution in [1.29, 1.82) is 0 Å². The van der Waals surface area contributed by atoms with E-state index >= 15 is 0 Å². The number of anilines is 12. The zero-order valence-corrected chi connectivity index (χ0v) is 29.0. The van der Waals surface area contributed by atoms with Gasteiger partial charge in [0.15, 0.2) is 0 Å². The highest BCUT2D eigenvalue weighted by atomic mass is 16.5. The number of esters is 1. The molecule has 0 spiro atoms. The normalized spacial score (nSPS) is 10.5. The Morgan fingerprint density at radius 3 is 1.07 bits per heavy atom. The summed E-state index contributed by atoms with van der Waals surface area (Å²) in [6.07, 6.45) is 0. The van der Waals surface area contributed by atoms with Crippen molar-refractivity contribution in [3.05, 3.63) is 152 Å². The minimum atomic E-state index is -0.519. The molecule has 5 aromatic carbocycles. The maximum absolute atomic E-state index is 12.1. The Morgan fingerprint density at radius 2 is 0.722 bits per heavy atom. The average Bonchev–Trinajstić information content (AvgIpc) is 3.16. The van der Waals surface area contributed by atoms with Crippen molar-refractivity contribution in [2.45, 2.75) is 6.92 Å². The van der Waals surface area contributed by atoms with Gasteiger partial charge in [0.25, 0.3) is 0 Å². The molecule has 0 saturated carbocycles. The van der Waals surface area contributed by atoms with Gasteiger partial charge in [0.1, 0.15) is 5.75 Å². The van der Waals surface area contributed by atoms with Gasteiger partial charge in [0.2, 0.25) is 35.7 Å². The minimum Gasteiger partial charge on any atom is -0.423 e. The van der Waals surface area contributed by atoms with E-state index in [1.165, 1.54) is 0 Å². The second-order valence-corrected chi connectivity index (χ2v) is 11.7. The molecule has 6 N–H and O–H groups in total. The molecule has 0 aliphatic rings. The zero-order chi connectivity index (χ0) is 37.1. The molecule has 0 atom stereocenters. The average molecular weight is 715 g/mol. The van der Waals surface area contributed by atoms with Crippen LogP contribution in [0.4, 0.5) is 69.8 Å². The van der Waals surface area contributed by atoms with Gasteiger partial charge in [-0.1, -0.05) is 73.3 Å². The molecule has 0 unspecified atom stereocenters. The smallest absolute Gasteiger partial charge is 0.338 e. The molecule has 0 aliphatic carbocycles. The van der Waals surface area contributed by atoms with Gasteiger partial charge < -0.3 is 36.6 Å². The summed E-state index contributed by atoms with van der Waals surface area (Å²) >= 11 is 0. The second kappa shape index (κ2) is 16.4. The molecule has 7 aromatic rings. The summed E-state index contributed by atoms with van der Waals surface area (Å²) < 4.78 is 5.40. The highest BCUT2D eigenvalue weighted by Crippen LogP contribution is 2.26. The van der Waals surface area contributed by atoms with E-state index < -0.39 is 5.97 Å². The Balaban J connectivity index is 1.14. The second-order valence-electron chi connectivity index (χ2n) is 11.7. The van der Waals surface area contributed by atoms with Crippen LogP contribution in [0.25, 0.3) is 0 Å². The SMILES string of the molecule is C=C(C)C(=O)Oc1cccc(Nc2nc(Nc3ccccc3)nc(Nc3cccc(Nc4nc(Nc5ccccc5)nc(Nc5ccccc5)n4)c3)n2)c1. The Bertz CT molecular complexity index is 2320. The largest absolute Gasteiger partial charge is 0.423 e. The molecular weight excluding hydrogens is 681 g/mol. The van der Waals surface area contributed by atoms with Gasteiger partial charge >= 0.3 is 5.97 Å². The summed E-state index contributed by atoms with van der Waals surface area (Å²) in [5.41, 5.74) is 4.71. The van der Waals surface area contributed by atoms with Crippen molar-refractivity contribution in [1.82, 2.24) is 29.9 Å². The molecule has 0 aliphatic heterocycles. The lowest BCUT2D eigenvalue weighted by atomic mass is 10.3. The third-order valence-electron chi connectivity index (χ3n) is 7.38. The third kappa shape index (κ3) is 9.67. The van der Waals surface area contributed by atoms with E-state index in [-0.39, 0.29) is 11.9 Å². The van der Waals surface area contributed by atoms with E-state index in [0.29, 0.717) is 52.2 Å². The van der Waals surface area contributed by atoms with Crippen LogP contribution in [-0.4, -0.2) is 35.9 Å². The number of nitrogens with one attached hydrogen (secondary N) is 6. The quantitative estimate of drug-likeness (QED) is 0.0357. The van der Waals surface area contributed by atoms with E-state index in [4.69, 9.17) is 4.74 Å². The summed E-state index contributed by atoms with van der Waals surface area (Å²) in [4.78, 5) is 39.8. The number of carbonyl (C=O) groups excluding carboxylic acids is 1. The van der Waals surface area contributed by atoms with Gasteiger partial charge in [-0.2, -0.15) is 29.9 Å². The summed E-state index contributed by atoms with van der Waals surface area (Å²) in [5, 5.41) is 19.5. The van der Waals surface area contributed by atoms with E-state index in [9.17, 15) is 4.79 Å². The van der Waals surface area contributed by atoms with Crippen LogP contribution in [0.2, 0.25) is 0 Å². The predicted octanol–water partition coefficient (Wildman–Crippen LogP) is 9.00. The molecule has 0 radical (unpaired) electrons. The van der Waals surface area contributed by atoms with Crippen molar-refractivity contribution >= 4 is 75.8 Å². The summed E-state index contributed by atoms with van der Waals surface area (Å²) in [6.45, 7) is 5.23. The highest BCUT2D eigenvalue weighted by molar-refractivity contribution is 5.89. The molecule has 54 heavy (non-hydrogen) atoms. The Kier molecular flexibility index (Phi) is 10.5. The van der Waals surface area contributed by atoms with Crippen molar-refractivity contribution < 1.29 is 9.53 Å². The summed E-state index contributed by atoms with van der Waals surface area (Å²) in [7, 11) is 0. The van der Waals surface area contributed by atoms with E-state index in [0.717, 1.165) is 17.1 Å². The first kappa shape index (κ1) is 34.6. The van der Waals surface area contributed by atoms with Crippen LogP contribution in [0.1, 0.15) is 6.92 Å². The first-order chi connectivity index (χ1) is 26.4. The van der Waals surface area contributed by atoms with Crippen LogP contribution in [0.3, 0.4) is 0 Å². The van der Waals surface area contributed by atoms with Crippen molar-refractivity contribution in [3.63, 3.8) is 0 Å². The Labute approximate surface area is 310 Å². The molecule has 0 amide bonds. The predicted molar refractivity (Wildman–Crippen MR) is 212 cm³/mol. The number of rotatable bonds is 14. The van der Waals surface area contributed by atoms with Gasteiger partial charge in [-0.25, -0.2) is 4.79 Å². The fraction of sp³-hybridized carbons (Fsp3) is 0.0250. The van der Waals surface area contributed by atoms with E-state index in [1.807, 2.05) is 115 Å². The van der Waals surface area contributed by atoms with Crippen LogP contribution in [0.5, 0.6) is 5.75 Å². The molecule has 0 fully saturated rings. The number of carbonyl (C=O) groups is 1. The Morgan fingerprint density at radius 1 is 0.426 bits per heavy atom. The molecule has 2 heterocycles. The number of aromatic nitrogens is 6. The molecule has 0 bridgehead atoms. The van der Waals surface area contributed by atoms with Gasteiger partial charge in [-0.05, 0) is 73.7 Å². The topological polar surface area (TPSA) is 176 Å². The maximum Gasteiger partial charge on any atom is 0.338 e. The lowest BCUT2D eigenvalue weighted by molar-refractivity contribution is -0.130. The van der Waals surface area contributed by atoms with Gasteiger partial charge in [0, 0.05) is 45.8 Å². The fourth-order valence-corrected chi connectivity index (χ4v) is 4.93. The van der Waals surface area contributed by atoms with Crippen molar-refractivity contribution in [3.8, 4) is 5.75 Å². The van der Waals surface area contributed by atoms with Gasteiger partial charge in [-0.3, -0.25) is 0 Å². The summed E-state index contributed by atoms with van der Waals surface area (Å²) in [5.74, 6) is 1.65. The molecule has 266 valence electrons. The fourth-order valence-electron chi connectivity index (χ4n) is 4.93. The van der Waals surface area contributed by atoms with Crippen LogP contribution in [0, 0.1) is 0 Å². The van der Waals surface area contributed by atoms with Gasteiger partial charge in [0.05, 0.1) is 0 Å². The molecular formula is C40H34N12O2. The highest BCUT2D eigenvalue weighted by Gasteiger charge is 2.12. The van der Waals surface area contributed by atoms with E-state index in [2.05, 4.69) is 68.4 Å². The lowest BCUT2D eigenvalue weighted by Crippen LogP contribution is -2.09. The van der Waals surface area contributed by atoms with Gasteiger partial charge in [-0.15, -0.1) is 0 Å². The Hall–Kier alpha value is -7.87. The number of ether oxygens (including phenoxy) is 1. The molecule has 0 saturated heterocycles. The van der Waals surface area contributed by atoms with Crippen LogP contribution in [0.15, 0.2) is 152 Å². The zero-order valence-electron chi connectivity index (χ0n) is 29.0. The number of para-hydroxylation sites is 3. The lowest BCUT2D eigenvalue weighted by Gasteiger charge is -2.13. The number of hydrogen-bond acceptors (Lipinski definition) is 14. The maximum atomic E-state index is 12.1. The monoisotopic (exact) mass is 714 g/mol. The first-order valence-corrected chi connectivity index (χ1v) is 16.8. The molecule has 7 rings (SSSR count).